The maximum atomic E-state index is 12.9. The van der Waals surface area contributed by atoms with Crippen LogP contribution in [0.1, 0.15) is 24.1 Å². The van der Waals surface area contributed by atoms with E-state index in [1.807, 2.05) is 0 Å². The summed E-state index contributed by atoms with van der Waals surface area (Å²) in [5.41, 5.74) is -0.262. The number of alkyl halides is 3. The molecule has 1 N–H and O–H groups in total. The first-order valence-corrected chi connectivity index (χ1v) is 10.4. The van der Waals surface area contributed by atoms with E-state index in [2.05, 4.69) is 22.4 Å². The zero-order valence-corrected chi connectivity index (χ0v) is 17.8. The summed E-state index contributed by atoms with van der Waals surface area (Å²) in [6, 6.07) is 4.24. The molecule has 2 aliphatic rings. The van der Waals surface area contributed by atoms with Crippen LogP contribution in [-0.4, -0.2) is 84.0 Å². The minimum absolute atomic E-state index is 0.00153. The number of aliphatic carboxylic acids is 1. The monoisotopic (exact) mass is 449 g/mol. The van der Waals surface area contributed by atoms with Gasteiger partial charge in [-0.3, -0.25) is 14.5 Å². The number of likely N-dealkylation sites (N-methyl/N-ethyl adjacent to an activating group) is 1. The molecule has 1 aromatic rings. The standard InChI is InChI=1S/C17H25N3O2S.C2HF3O2/c1-18(2)15(21)12-20-9-7-17(16(20)22)6-4-8-19(13-17)11-14-5-3-10-23-14;3-2(4,5)1(6)7/h3,5,10H,4,6-9,11-13H2,1-2H3;(H,6,7). The van der Waals surface area contributed by atoms with E-state index in [0.717, 1.165) is 38.9 Å². The van der Waals surface area contributed by atoms with Gasteiger partial charge in [-0.05, 0) is 37.3 Å². The van der Waals surface area contributed by atoms with Crippen molar-refractivity contribution in [2.24, 2.45) is 5.41 Å². The molecule has 2 saturated heterocycles. The topological polar surface area (TPSA) is 81.2 Å². The molecular weight excluding hydrogens is 423 g/mol. The van der Waals surface area contributed by atoms with Crippen molar-refractivity contribution in [2.75, 3.05) is 40.3 Å². The van der Waals surface area contributed by atoms with Crippen molar-refractivity contribution in [3.05, 3.63) is 22.4 Å². The molecule has 1 spiro atoms. The van der Waals surface area contributed by atoms with Gasteiger partial charge in [0.2, 0.25) is 11.8 Å². The van der Waals surface area contributed by atoms with Gasteiger partial charge in [-0.1, -0.05) is 6.07 Å². The molecule has 0 bridgehead atoms. The lowest BCUT2D eigenvalue weighted by Gasteiger charge is -2.38. The van der Waals surface area contributed by atoms with E-state index in [0.29, 0.717) is 6.54 Å². The highest BCUT2D eigenvalue weighted by Gasteiger charge is 2.49. The van der Waals surface area contributed by atoms with Crippen LogP contribution in [0.15, 0.2) is 17.5 Å². The molecule has 30 heavy (non-hydrogen) atoms. The Labute approximate surface area is 177 Å². The van der Waals surface area contributed by atoms with Crippen LogP contribution in [0.25, 0.3) is 0 Å². The van der Waals surface area contributed by atoms with Crippen LogP contribution in [0.5, 0.6) is 0 Å². The summed E-state index contributed by atoms with van der Waals surface area (Å²) in [6.45, 7) is 3.76. The highest BCUT2D eigenvalue weighted by atomic mass is 32.1. The van der Waals surface area contributed by atoms with Crippen molar-refractivity contribution in [3.8, 4) is 0 Å². The summed E-state index contributed by atoms with van der Waals surface area (Å²) < 4.78 is 31.7. The number of hydrogen-bond donors (Lipinski definition) is 1. The molecule has 1 unspecified atom stereocenters. The molecule has 11 heteroatoms. The molecule has 3 rings (SSSR count). The van der Waals surface area contributed by atoms with Gasteiger partial charge in [-0.2, -0.15) is 13.2 Å². The fourth-order valence-electron chi connectivity index (χ4n) is 3.71. The second-order valence-electron chi connectivity index (χ2n) is 7.74. The number of likely N-dealkylation sites (tertiary alicyclic amines) is 2. The van der Waals surface area contributed by atoms with Gasteiger partial charge in [0, 0.05) is 38.6 Å². The van der Waals surface area contributed by atoms with Crippen molar-refractivity contribution >= 4 is 29.1 Å². The Balaban J connectivity index is 0.000000396. The van der Waals surface area contributed by atoms with Crippen LogP contribution in [-0.2, 0) is 20.9 Å². The van der Waals surface area contributed by atoms with Crippen LogP contribution in [0, 0.1) is 5.41 Å². The number of hydrogen-bond acceptors (Lipinski definition) is 5. The third-order valence-corrected chi connectivity index (χ3v) is 6.15. The van der Waals surface area contributed by atoms with Crippen molar-refractivity contribution in [2.45, 2.75) is 32.0 Å². The molecule has 1 atom stereocenters. The highest BCUT2D eigenvalue weighted by molar-refractivity contribution is 7.09. The lowest BCUT2D eigenvalue weighted by atomic mass is 9.78. The normalized spacial score (nSPS) is 22.0. The van der Waals surface area contributed by atoms with E-state index in [1.54, 1.807) is 35.2 Å². The van der Waals surface area contributed by atoms with Gasteiger partial charge in [0.05, 0.1) is 12.0 Å². The van der Waals surface area contributed by atoms with Crippen molar-refractivity contribution in [1.29, 1.82) is 0 Å². The van der Waals surface area contributed by atoms with Gasteiger partial charge < -0.3 is 14.9 Å². The summed E-state index contributed by atoms with van der Waals surface area (Å²) in [7, 11) is 3.48. The molecule has 2 aliphatic heterocycles. The van der Waals surface area contributed by atoms with E-state index in [-0.39, 0.29) is 23.8 Å². The summed E-state index contributed by atoms with van der Waals surface area (Å²) >= 11 is 1.77. The van der Waals surface area contributed by atoms with Gasteiger partial charge in [0.1, 0.15) is 0 Å². The Morgan fingerprint density at radius 1 is 1.27 bits per heavy atom. The number of nitrogens with zero attached hydrogens (tertiary/aromatic N) is 3. The van der Waals surface area contributed by atoms with Gasteiger partial charge in [0.15, 0.2) is 0 Å². The van der Waals surface area contributed by atoms with Crippen molar-refractivity contribution < 1.29 is 32.7 Å². The molecule has 3 heterocycles. The quantitative estimate of drug-likeness (QED) is 0.763. The molecule has 0 radical (unpaired) electrons. The molecule has 0 saturated carbocycles. The Morgan fingerprint density at radius 3 is 2.47 bits per heavy atom. The van der Waals surface area contributed by atoms with E-state index in [9.17, 15) is 22.8 Å². The van der Waals surface area contributed by atoms with Crippen LogP contribution < -0.4 is 0 Å². The largest absolute Gasteiger partial charge is 0.490 e. The predicted octanol–water partition coefficient (Wildman–Crippen LogP) is 2.28. The average molecular weight is 449 g/mol. The number of carbonyl (C=O) groups excluding carboxylic acids is 2. The van der Waals surface area contributed by atoms with E-state index >= 15 is 0 Å². The van der Waals surface area contributed by atoms with Crippen molar-refractivity contribution in [1.82, 2.24) is 14.7 Å². The lowest BCUT2D eigenvalue weighted by Crippen LogP contribution is -2.48. The number of piperidine rings is 1. The van der Waals surface area contributed by atoms with E-state index < -0.39 is 12.1 Å². The number of rotatable bonds is 4. The third kappa shape index (κ3) is 6.18. The first kappa shape index (κ1) is 24.1. The minimum atomic E-state index is -5.08. The molecule has 7 nitrogen and oxygen atoms in total. The van der Waals surface area contributed by atoms with E-state index in [1.165, 1.54) is 4.88 Å². The zero-order chi connectivity index (χ0) is 22.5. The number of carboxylic acids is 1. The molecule has 0 aromatic carbocycles. The van der Waals surface area contributed by atoms with Crippen LogP contribution in [0.4, 0.5) is 13.2 Å². The lowest BCUT2D eigenvalue weighted by molar-refractivity contribution is -0.192. The first-order chi connectivity index (χ1) is 13.9. The minimum Gasteiger partial charge on any atom is -0.475 e. The van der Waals surface area contributed by atoms with Crippen LogP contribution in [0.2, 0.25) is 0 Å². The van der Waals surface area contributed by atoms with Gasteiger partial charge in [0.25, 0.3) is 0 Å². The molecular formula is C19H26F3N3O4S. The van der Waals surface area contributed by atoms with Crippen LogP contribution >= 0.6 is 11.3 Å². The first-order valence-electron chi connectivity index (χ1n) is 9.49. The summed E-state index contributed by atoms with van der Waals surface area (Å²) in [6.07, 6.45) is -2.18. The fraction of sp³-hybridized carbons (Fsp3) is 0.632. The Morgan fingerprint density at radius 2 is 1.93 bits per heavy atom. The number of carbonyl (C=O) groups is 3. The number of halogens is 3. The third-order valence-electron chi connectivity index (χ3n) is 5.28. The summed E-state index contributed by atoms with van der Waals surface area (Å²) in [4.78, 5) is 40.8. The number of carboxylic acid groups (broad SMARTS) is 1. The Kier molecular flexibility index (Phi) is 7.87. The average Bonchev–Trinajstić information content (AvgIpc) is 3.26. The van der Waals surface area contributed by atoms with Gasteiger partial charge in [-0.25, -0.2) is 4.79 Å². The van der Waals surface area contributed by atoms with Crippen molar-refractivity contribution in [3.63, 3.8) is 0 Å². The molecule has 1 aromatic heterocycles. The smallest absolute Gasteiger partial charge is 0.475 e. The SMILES string of the molecule is CN(C)C(=O)CN1CCC2(CCCN(Cc3cccs3)C2)C1=O.O=C(O)C(F)(F)F. The molecule has 0 aliphatic carbocycles. The number of amides is 2. The molecule has 2 fully saturated rings. The predicted molar refractivity (Wildman–Crippen MR) is 105 cm³/mol. The maximum absolute atomic E-state index is 12.9. The molecule has 168 valence electrons. The van der Waals surface area contributed by atoms with Gasteiger partial charge >= 0.3 is 12.1 Å². The fourth-order valence-corrected chi connectivity index (χ4v) is 4.46. The zero-order valence-electron chi connectivity index (χ0n) is 16.9. The second kappa shape index (κ2) is 9.78. The number of thiophene rings is 1. The molecule has 2 amide bonds. The van der Waals surface area contributed by atoms with Gasteiger partial charge in [-0.15, -0.1) is 11.3 Å². The summed E-state index contributed by atoms with van der Waals surface area (Å²) in [5, 5.41) is 9.23. The summed E-state index contributed by atoms with van der Waals surface area (Å²) in [5.74, 6) is -2.57. The Bertz CT molecular complexity index is 755. The second-order valence-corrected chi connectivity index (χ2v) is 8.77. The maximum Gasteiger partial charge on any atom is 0.490 e. The Hall–Kier alpha value is -2.14. The van der Waals surface area contributed by atoms with Crippen LogP contribution in [0.3, 0.4) is 0 Å². The van der Waals surface area contributed by atoms with E-state index in [4.69, 9.17) is 9.90 Å². The highest BCUT2D eigenvalue weighted by Crippen LogP contribution is 2.40.